The van der Waals surface area contributed by atoms with E-state index in [1.54, 1.807) is 24.1 Å². The molecule has 0 bridgehead atoms. The van der Waals surface area contributed by atoms with Crippen molar-refractivity contribution < 1.29 is 14.3 Å². The summed E-state index contributed by atoms with van der Waals surface area (Å²) in [5, 5.41) is 0. The van der Waals surface area contributed by atoms with E-state index in [0.717, 1.165) is 22.4 Å². The molecule has 2 aromatic carbocycles. The van der Waals surface area contributed by atoms with E-state index >= 15 is 0 Å². The maximum absolute atomic E-state index is 12.5. The molecule has 0 aliphatic heterocycles. The summed E-state index contributed by atoms with van der Waals surface area (Å²) >= 11 is 0. The molecule has 3 rings (SSSR count). The van der Waals surface area contributed by atoms with Gasteiger partial charge in [0.05, 0.1) is 30.8 Å². The Kier molecular flexibility index (Phi) is 6.32. The molecule has 6 heteroatoms. The monoisotopic (exact) mass is 379 g/mol. The van der Waals surface area contributed by atoms with Crippen molar-refractivity contribution in [2.45, 2.75) is 20.4 Å². The summed E-state index contributed by atoms with van der Waals surface area (Å²) < 4.78 is 11.2. The van der Waals surface area contributed by atoms with E-state index in [2.05, 4.69) is 9.97 Å². The molecule has 0 spiro atoms. The van der Waals surface area contributed by atoms with Crippen molar-refractivity contribution in [3.8, 4) is 11.5 Å². The Labute approximate surface area is 164 Å². The van der Waals surface area contributed by atoms with Crippen molar-refractivity contribution in [3.05, 3.63) is 59.9 Å². The number of H-pyrrole nitrogens is 1. The van der Waals surface area contributed by atoms with Gasteiger partial charge in [0.2, 0.25) is 5.91 Å². The Morgan fingerprint density at radius 3 is 2.61 bits per heavy atom. The first-order valence-electron chi connectivity index (χ1n) is 9.37. The number of amides is 1. The number of benzene rings is 2. The smallest absolute Gasteiger partial charge is 0.246 e. The molecule has 146 valence electrons. The van der Waals surface area contributed by atoms with Crippen molar-refractivity contribution in [1.29, 1.82) is 0 Å². The Hall–Kier alpha value is -3.28. The van der Waals surface area contributed by atoms with Gasteiger partial charge < -0.3 is 19.4 Å². The lowest BCUT2D eigenvalue weighted by atomic mass is 10.2. The molecule has 28 heavy (non-hydrogen) atoms. The van der Waals surface area contributed by atoms with Crippen LogP contribution in [0.25, 0.3) is 17.1 Å². The molecule has 0 aliphatic rings. The minimum absolute atomic E-state index is 0.104. The van der Waals surface area contributed by atoms with Crippen LogP contribution in [-0.2, 0) is 11.3 Å². The van der Waals surface area contributed by atoms with Crippen molar-refractivity contribution in [2.24, 2.45) is 0 Å². The summed E-state index contributed by atoms with van der Waals surface area (Å²) in [6.07, 6.45) is 3.32. The first kappa shape index (κ1) is 19.5. The predicted molar refractivity (Wildman–Crippen MR) is 110 cm³/mol. The second kappa shape index (κ2) is 9.08. The molecular formula is C22H25N3O3. The summed E-state index contributed by atoms with van der Waals surface area (Å²) in [6.45, 7) is 5.38. The summed E-state index contributed by atoms with van der Waals surface area (Å²) in [5.41, 5.74) is 2.73. The highest BCUT2D eigenvalue weighted by atomic mass is 16.5. The Balaban J connectivity index is 1.67. The van der Waals surface area contributed by atoms with Crippen LogP contribution in [0.15, 0.2) is 48.5 Å². The normalized spacial score (nSPS) is 11.1. The van der Waals surface area contributed by atoms with Crippen LogP contribution in [0.2, 0.25) is 0 Å². The van der Waals surface area contributed by atoms with Crippen molar-refractivity contribution >= 4 is 23.0 Å². The number of ether oxygens (including phenoxy) is 2. The summed E-state index contributed by atoms with van der Waals surface area (Å²) in [7, 11) is 1.75. The molecule has 0 fully saturated rings. The number of imidazole rings is 1. The average Bonchev–Trinajstić information content (AvgIpc) is 3.10. The molecule has 0 unspecified atom stereocenters. The van der Waals surface area contributed by atoms with Crippen molar-refractivity contribution in [3.63, 3.8) is 0 Å². The number of hydrogen-bond acceptors (Lipinski definition) is 4. The van der Waals surface area contributed by atoms with Gasteiger partial charge in [-0.1, -0.05) is 18.2 Å². The number of carbonyl (C=O) groups is 1. The molecule has 0 saturated carbocycles. The third kappa shape index (κ3) is 4.71. The molecule has 0 aliphatic carbocycles. The highest BCUT2D eigenvalue weighted by Gasteiger charge is 2.10. The van der Waals surface area contributed by atoms with Crippen LogP contribution in [0.5, 0.6) is 11.5 Å². The Bertz CT molecular complexity index is 945. The van der Waals surface area contributed by atoms with E-state index in [1.807, 2.05) is 56.3 Å². The van der Waals surface area contributed by atoms with Crippen LogP contribution in [0.4, 0.5) is 0 Å². The van der Waals surface area contributed by atoms with Crippen molar-refractivity contribution in [1.82, 2.24) is 14.9 Å². The Morgan fingerprint density at radius 1 is 1.11 bits per heavy atom. The molecule has 1 aromatic heterocycles. The molecule has 6 nitrogen and oxygen atoms in total. The highest BCUT2D eigenvalue weighted by Crippen LogP contribution is 2.29. The van der Waals surface area contributed by atoms with Gasteiger partial charge in [-0.15, -0.1) is 0 Å². The molecular weight excluding hydrogens is 354 g/mol. The summed E-state index contributed by atoms with van der Waals surface area (Å²) in [4.78, 5) is 21.8. The van der Waals surface area contributed by atoms with Crippen LogP contribution in [0.3, 0.4) is 0 Å². The third-order valence-electron chi connectivity index (χ3n) is 4.19. The summed E-state index contributed by atoms with van der Waals surface area (Å²) in [5.74, 6) is 2.03. The van der Waals surface area contributed by atoms with Crippen LogP contribution < -0.4 is 9.47 Å². The molecule has 1 heterocycles. The number of hydrogen-bond donors (Lipinski definition) is 1. The molecule has 1 amide bonds. The van der Waals surface area contributed by atoms with Gasteiger partial charge in [0, 0.05) is 13.1 Å². The molecule has 0 saturated heterocycles. The second-order valence-electron chi connectivity index (χ2n) is 6.30. The minimum atomic E-state index is -0.104. The largest absolute Gasteiger partial charge is 0.490 e. The van der Waals surface area contributed by atoms with Gasteiger partial charge in [-0.3, -0.25) is 4.79 Å². The first-order valence-corrected chi connectivity index (χ1v) is 9.37. The number of aromatic nitrogens is 2. The van der Waals surface area contributed by atoms with Gasteiger partial charge in [0.25, 0.3) is 0 Å². The minimum Gasteiger partial charge on any atom is -0.490 e. The first-order chi connectivity index (χ1) is 13.6. The topological polar surface area (TPSA) is 67.5 Å². The van der Waals surface area contributed by atoms with E-state index in [9.17, 15) is 4.79 Å². The van der Waals surface area contributed by atoms with E-state index in [-0.39, 0.29) is 5.91 Å². The zero-order valence-electron chi connectivity index (χ0n) is 16.4. The van der Waals surface area contributed by atoms with Gasteiger partial charge in [-0.2, -0.15) is 0 Å². The molecule has 0 radical (unpaired) electrons. The highest BCUT2D eigenvalue weighted by molar-refractivity contribution is 5.91. The lowest BCUT2D eigenvalue weighted by Gasteiger charge is -2.13. The van der Waals surface area contributed by atoms with E-state index in [1.165, 1.54) is 0 Å². The van der Waals surface area contributed by atoms with Crippen LogP contribution in [0.1, 0.15) is 25.2 Å². The van der Waals surface area contributed by atoms with Gasteiger partial charge in [0.1, 0.15) is 5.82 Å². The summed E-state index contributed by atoms with van der Waals surface area (Å²) in [6, 6.07) is 13.4. The number of nitrogens with zero attached hydrogens (tertiary/aromatic N) is 2. The fourth-order valence-electron chi connectivity index (χ4n) is 2.85. The van der Waals surface area contributed by atoms with E-state index in [4.69, 9.17) is 9.47 Å². The van der Waals surface area contributed by atoms with Gasteiger partial charge >= 0.3 is 0 Å². The Morgan fingerprint density at radius 2 is 1.86 bits per heavy atom. The number of aromatic amines is 1. The molecule has 3 aromatic rings. The number of fused-ring (bicyclic) bond motifs is 1. The predicted octanol–water partition coefficient (Wildman–Crippen LogP) is 4.03. The van der Waals surface area contributed by atoms with Crippen LogP contribution in [0, 0.1) is 0 Å². The fourth-order valence-corrected chi connectivity index (χ4v) is 2.85. The van der Waals surface area contributed by atoms with E-state index < -0.39 is 0 Å². The molecule has 0 atom stereocenters. The zero-order valence-corrected chi connectivity index (χ0v) is 16.4. The maximum atomic E-state index is 12.5. The average molecular weight is 379 g/mol. The quantitative estimate of drug-likeness (QED) is 0.600. The second-order valence-corrected chi connectivity index (χ2v) is 6.30. The van der Waals surface area contributed by atoms with E-state index in [0.29, 0.717) is 31.3 Å². The number of para-hydroxylation sites is 2. The number of carbonyl (C=O) groups excluding carboxylic acids is 1. The van der Waals surface area contributed by atoms with Gasteiger partial charge in [-0.05, 0) is 49.8 Å². The maximum Gasteiger partial charge on any atom is 0.246 e. The lowest BCUT2D eigenvalue weighted by molar-refractivity contribution is -0.125. The van der Waals surface area contributed by atoms with Gasteiger partial charge in [-0.25, -0.2) is 4.98 Å². The fraction of sp³-hybridized carbons (Fsp3) is 0.273. The SMILES string of the molecule is CCOc1ccc(/C=C/C(=O)N(C)Cc2nc3ccccc3[nH]2)cc1OCC. The number of rotatable bonds is 8. The van der Waals surface area contributed by atoms with Crippen LogP contribution >= 0.6 is 0 Å². The third-order valence-corrected chi connectivity index (χ3v) is 4.19. The van der Waals surface area contributed by atoms with Crippen LogP contribution in [-0.4, -0.2) is 41.0 Å². The molecule has 1 N–H and O–H groups in total. The number of nitrogens with one attached hydrogen (secondary N) is 1. The number of likely N-dealkylation sites (N-methyl/N-ethyl adjacent to an activating group) is 1. The van der Waals surface area contributed by atoms with Crippen molar-refractivity contribution in [2.75, 3.05) is 20.3 Å². The lowest BCUT2D eigenvalue weighted by Crippen LogP contribution is -2.24. The zero-order chi connectivity index (χ0) is 19.9. The van der Waals surface area contributed by atoms with Gasteiger partial charge in [0.15, 0.2) is 11.5 Å². The standard InChI is InChI=1S/C22H25N3O3/c1-4-27-19-12-10-16(14-20(19)28-5-2)11-13-22(26)25(3)15-21-23-17-8-6-7-9-18(17)24-21/h6-14H,4-5,15H2,1-3H3,(H,23,24)/b13-11+.